The Hall–Kier alpha value is -1.89. The van der Waals surface area contributed by atoms with Gasteiger partial charge in [-0.3, -0.25) is 9.69 Å². The summed E-state index contributed by atoms with van der Waals surface area (Å²) in [6.07, 6.45) is 1.79. The lowest BCUT2D eigenvalue weighted by molar-refractivity contribution is -0.141. The Bertz CT molecular complexity index is 763. The van der Waals surface area contributed by atoms with E-state index in [0.717, 1.165) is 62.6 Å². The first-order valence-electron chi connectivity index (χ1n) is 9.49. The number of ether oxygens (including phenoxy) is 1. The molecule has 2 fully saturated rings. The van der Waals surface area contributed by atoms with Crippen LogP contribution >= 0.6 is 11.6 Å². The number of benzene rings is 1. The van der Waals surface area contributed by atoms with E-state index in [9.17, 15) is 4.79 Å². The van der Waals surface area contributed by atoms with Crippen LogP contribution < -0.4 is 0 Å². The molecule has 1 aromatic heterocycles. The number of piperidine rings is 1. The van der Waals surface area contributed by atoms with Crippen LogP contribution in [0.3, 0.4) is 0 Å². The SMILES string of the molecule is O=C(C1CCN(Cc2cc(-c3ccc(Cl)cc3)no2)CC1)N1CCOCC1. The number of hydrogen-bond donors (Lipinski definition) is 0. The summed E-state index contributed by atoms with van der Waals surface area (Å²) in [5.74, 6) is 1.28. The molecule has 1 aromatic carbocycles. The van der Waals surface area contributed by atoms with Crippen molar-refractivity contribution in [1.82, 2.24) is 15.0 Å². The number of nitrogens with zero attached hydrogens (tertiary/aromatic N) is 3. The summed E-state index contributed by atoms with van der Waals surface area (Å²) in [6, 6.07) is 9.55. The van der Waals surface area contributed by atoms with E-state index in [4.69, 9.17) is 20.9 Å². The van der Waals surface area contributed by atoms with Gasteiger partial charge >= 0.3 is 0 Å². The maximum atomic E-state index is 12.6. The molecule has 0 radical (unpaired) electrons. The molecular weight excluding hydrogens is 366 g/mol. The van der Waals surface area contributed by atoms with E-state index >= 15 is 0 Å². The Morgan fingerprint density at radius 3 is 2.52 bits per heavy atom. The minimum Gasteiger partial charge on any atom is -0.378 e. The van der Waals surface area contributed by atoms with Crippen LogP contribution in [-0.4, -0.2) is 60.3 Å². The van der Waals surface area contributed by atoms with E-state index < -0.39 is 0 Å². The minimum atomic E-state index is 0.138. The number of carbonyl (C=O) groups is 1. The van der Waals surface area contributed by atoms with E-state index in [1.807, 2.05) is 35.2 Å². The van der Waals surface area contributed by atoms with Gasteiger partial charge in [0.15, 0.2) is 5.76 Å². The van der Waals surface area contributed by atoms with Gasteiger partial charge in [-0.05, 0) is 38.1 Å². The molecule has 0 N–H and O–H groups in total. The smallest absolute Gasteiger partial charge is 0.225 e. The highest BCUT2D eigenvalue weighted by molar-refractivity contribution is 6.30. The number of carbonyl (C=O) groups excluding carboxylic acids is 1. The lowest BCUT2D eigenvalue weighted by atomic mass is 9.95. The van der Waals surface area contributed by atoms with Crippen LogP contribution in [0, 0.1) is 5.92 Å². The zero-order valence-electron chi connectivity index (χ0n) is 15.3. The zero-order chi connectivity index (χ0) is 18.6. The van der Waals surface area contributed by atoms with E-state index in [1.165, 1.54) is 0 Å². The van der Waals surface area contributed by atoms with Gasteiger partial charge in [0.25, 0.3) is 0 Å². The minimum absolute atomic E-state index is 0.138. The third kappa shape index (κ3) is 4.51. The second-order valence-corrected chi connectivity index (χ2v) is 7.61. The Labute approximate surface area is 164 Å². The third-order valence-electron chi connectivity index (χ3n) is 5.34. The number of rotatable bonds is 4. The molecule has 0 bridgehead atoms. The highest BCUT2D eigenvalue weighted by Gasteiger charge is 2.29. The maximum absolute atomic E-state index is 12.6. The van der Waals surface area contributed by atoms with Gasteiger partial charge in [0.2, 0.25) is 5.91 Å². The standard InChI is InChI=1S/C20H24ClN3O3/c21-17-3-1-15(2-4-17)19-13-18(27-22-19)14-23-7-5-16(6-8-23)20(25)24-9-11-26-12-10-24/h1-4,13,16H,5-12,14H2. The average Bonchev–Trinajstić information content (AvgIpc) is 3.18. The molecule has 6 nitrogen and oxygen atoms in total. The number of amides is 1. The third-order valence-corrected chi connectivity index (χ3v) is 5.59. The number of hydrogen-bond acceptors (Lipinski definition) is 5. The molecule has 0 spiro atoms. The summed E-state index contributed by atoms with van der Waals surface area (Å²) in [6.45, 7) is 5.29. The second kappa shape index (κ2) is 8.42. The topological polar surface area (TPSA) is 58.8 Å². The van der Waals surface area contributed by atoms with Crippen molar-refractivity contribution in [2.45, 2.75) is 19.4 Å². The molecular formula is C20H24ClN3O3. The van der Waals surface area contributed by atoms with Crippen molar-refractivity contribution in [3.05, 3.63) is 41.1 Å². The average molecular weight is 390 g/mol. The van der Waals surface area contributed by atoms with Crippen molar-refractivity contribution >= 4 is 17.5 Å². The molecule has 2 aliphatic rings. The summed E-state index contributed by atoms with van der Waals surface area (Å²) in [5, 5.41) is 4.87. The van der Waals surface area contributed by atoms with Crippen molar-refractivity contribution < 1.29 is 14.1 Å². The Morgan fingerprint density at radius 2 is 1.81 bits per heavy atom. The van der Waals surface area contributed by atoms with E-state index in [1.54, 1.807) is 0 Å². The van der Waals surface area contributed by atoms with Crippen molar-refractivity contribution in [2.75, 3.05) is 39.4 Å². The van der Waals surface area contributed by atoms with E-state index in [2.05, 4.69) is 10.1 Å². The first kappa shape index (κ1) is 18.5. The van der Waals surface area contributed by atoms with Gasteiger partial charge < -0.3 is 14.2 Å². The fourth-order valence-electron chi connectivity index (χ4n) is 3.74. The van der Waals surface area contributed by atoms with Gasteiger partial charge in [-0.1, -0.05) is 28.9 Å². The molecule has 7 heteroatoms. The largest absolute Gasteiger partial charge is 0.378 e. The molecule has 144 valence electrons. The summed E-state index contributed by atoms with van der Waals surface area (Å²) >= 11 is 5.93. The summed E-state index contributed by atoms with van der Waals surface area (Å²) in [5.41, 5.74) is 1.81. The van der Waals surface area contributed by atoms with Crippen molar-refractivity contribution in [2.24, 2.45) is 5.92 Å². The van der Waals surface area contributed by atoms with Gasteiger partial charge in [-0.25, -0.2) is 0 Å². The Kier molecular flexibility index (Phi) is 5.76. The quantitative estimate of drug-likeness (QED) is 0.804. The molecule has 27 heavy (non-hydrogen) atoms. The van der Waals surface area contributed by atoms with Gasteiger partial charge in [0.1, 0.15) is 5.69 Å². The van der Waals surface area contributed by atoms with Crippen LogP contribution in [0.1, 0.15) is 18.6 Å². The normalized spacial score (nSPS) is 19.4. The van der Waals surface area contributed by atoms with E-state index in [-0.39, 0.29) is 5.92 Å². The molecule has 4 rings (SSSR count). The van der Waals surface area contributed by atoms with Crippen LogP contribution in [0.5, 0.6) is 0 Å². The fourth-order valence-corrected chi connectivity index (χ4v) is 3.87. The van der Waals surface area contributed by atoms with Crippen LogP contribution in [0.25, 0.3) is 11.3 Å². The summed E-state index contributed by atoms with van der Waals surface area (Å²) in [7, 11) is 0. The molecule has 2 saturated heterocycles. The van der Waals surface area contributed by atoms with Gasteiger partial charge in [0, 0.05) is 35.7 Å². The fraction of sp³-hybridized carbons (Fsp3) is 0.500. The predicted molar refractivity (Wildman–Crippen MR) is 102 cm³/mol. The lowest BCUT2D eigenvalue weighted by Crippen LogP contribution is -2.46. The van der Waals surface area contributed by atoms with Crippen molar-refractivity contribution in [3.63, 3.8) is 0 Å². The van der Waals surface area contributed by atoms with Crippen LogP contribution in [0.15, 0.2) is 34.9 Å². The molecule has 0 saturated carbocycles. The second-order valence-electron chi connectivity index (χ2n) is 7.17. The molecule has 0 unspecified atom stereocenters. The Balaban J connectivity index is 1.29. The number of aromatic nitrogens is 1. The number of morpholine rings is 1. The van der Waals surface area contributed by atoms with Crippen LogP contribution in [-0.2, 0) is 16.1 Å². The summed E-state index contributed by atoms with van der Waals surface area (Å²) in [4.78, 5) is 16.9. The highest BCUT2D eigenvalue weighted by Crippen LogP contribution is 2.24. The van der Waals surface area contributed by atoms with Gasteiger partial charge in [-0.15, -0.1) is 0 Å². The van der Waals surface area contributed by atoms with Crippen LogP contribution in [0.4, 0.5) is 0 Å². The first-order valence-corrected chi connectivity index (χ1v) is 9.87. The summed E-state index contributed by atoms with van der Waals surface area (Å²) < 4.78 is 10.8. The molecule has 1 amide bonds. The van der Waals surface area contributed by atoms with Crippen molar-refractivity contribution in [1.29, 1.82) is 0 Å². The molecule has 2 aliphatic heterocycles. The highest BCUT2D eigenvalue weighted by atomic mass is 35.5. The molecule has 0 aliphatic carbocycles. The molecule has 3 heterocycles. The van der Waals surface area contributed by atoms with E-state index in [0.29, 0.717) is 24.1 Å². The molecule has 0 atom stereocenters. The first-order chi connectivity index (χ1) is 13.2. The monoisotopic (exact) mass is 389 g/mol. The predicted octanol–water partition coefficient (Wildman–Crippen LogP) is 3.07. The zero-order valence-corrected chi connectivity index (χ0v) is 16.0. The maximum Gasteiger partial charge on any atom is 0.225 e. The van der Waals surface area contributed by atoms with Crippen LogP contribution in [0.2, 0.25) is 5.02 Å². The number of likely N-dealkylation sites (tertiary alicyclic amines) is 1. The Morgan fingerprint density at radius 1 is 1.11 bits per heavy atom. The van der Waals surface area contributed by atoms with Crippen molar-refractivity contribution in [3.8, 4) is 11.3 Å². The lowest BCUT2D eigenvalue weighted by Gasteiger charge is -2.35. The molecule has 2 aromatic rings. The number of halogens is 1. The van der Waals surface area contributed by atoms with Gasteiger partial charge in [0.05, 0.1) is 19.8 Å². The van der Waals surface area contributed by atoms with Gasteiger partial charge in [-0.2, -0.15) is 0 Å².